The summed E-state index contributed by atoms with van der Waals surface area (Å²) in [6, 6.07) is 0. The summed E-state index contributed by atoms with van der Waals surface area (Å²) < 4.78 is 1.40. The summed E-state index contributed by atoms with van der Waals surface area (Å²) in [5.41, 5.74) is 0.294. The van der Waals surface area contributed by atoms with E-state index in [0.717, 1.165) is 0 Å². The number of fused-ring (bicyclic) bond motifs is 1. The highest BCUT2D eigenvalue weighted by atomic mass is 16.1. The van der Waals surface area contributed by atoms with Crippen molar-refractivity contribution < 1.29 is 0 Å². The molecule has 2 aromatic heterocycles. The van der Waals surface area contributed by atoms with Gasteiger partial charge in [0.05, 0.1) is 6.33 Å². The minimum absolute atomic E-state index is 0.134. The van der Waals surface area contributed by atoms with E-state index in [1.54, 1.807) is 11.9 Å². The van der Waals surface area contributed by atoms with Crippen molar-refractivity contribution in [1.82, 2.24) is 19.5 Å². The summed E-state index contributed by atoms with van der Waals surface area (Å²) >= 11 is 0. The molecule has 0 atom stereocenters. The van der Waals surface area contributed by atoms with E-state index in [2.05, 4.69) is 15.0 Å². The molecule has 2 heterocycles. The molecule has 0 saturated heterocycles. The molecule has 0 bridgehead atoms. The smallest absolute Gasteiger partial charge is 0.264 e. The predicted octanol–water partition coefficient (Wildman–Crippen LogP) is -0.211. The number of anilines is 1. The van der Waals surface area contributed by atoms with Crippen LogP contribution in [0.15, 0.2) is 17.3 Å². The molecule has 0 fully saturated rings. The van der Waals surface area contributed by atoms with Crippen LogP contribution in [0.3, 0.4) is 0 Å². The van der Waals surface area contributed by atoms with Crippen LogP contribution in [-0.2, 0) is 7.05 Å². The number of nitrogens with zero attached hydrogens (tertiary/aromatic N) is 5. The molecule has 0 N–H and O–H groups in total. The van der Waals surface area contributed by atoms with Gasteiger partial charge in [0.15, 0.2) is 5.65 Å². The van der Waals surface area contributed by atoms with Gasteiger partial charge in [0.25, 0.3) is 5.56 Å². The van der Waals surface area contributed by atoms with Crippen LogP contribution in [0.2, 0.25) is 0 Å². The Morgan fingerprint density at radius 2 is 2.07 bits per heavy atom. The molecule has 0 spiro atoms. The lowest BCUT2D eigenvalue weighted by molar-refractivity contribution is 0.836. The molecule has 2 rings (SSSR count). The van der Waals surface area contributed by atoms with Crippen LogP contribution in [0.1, 0.15) is 0 Å². The van der Waals surface area contributed by atoms with E-state index in [0.29, 0.717) is 17.0 Å². The van der Waals surface area contributed by atoms with Gasteiger partial charge >= 0.3 is 0 Å². The largest absolute Gasteiger partial charge is 0.347 e. The molecule has 0 unspecified atom stereocenters. The van der Waals surface area contributed by atoms with E-state index in [9.17, 15) is 4.79 Å². The summed E-state index contributed by atoms with van der Waals surface area (Å²) in [5, 5.41) is 0.436. The summed E-state index contributed by atoms with van der Waals surface area (Å²) in [7, 11) is 5.32. The lowest BCUT2D eigenvalue weighted by Crippen LogP contribution is -2.19. The first-order chi connectivity index (χ1) is 7.09. The average Bonchev–Trinajstić information content (AvgIpc) is 2.23. The monoisotopic (exact) mass is 205 g/mol. The Morgan fingerprint density at radius 1 is 1.33 bits per heavy atom. The number of hydrogen-bond acceptors (Lipinski definition) is 5. The first kappa shape index (κ1) is 9.57. The van der Waals surface area contributed by atoms with Gasteiger partial charge in [0.1, 0.15) is 5.39 Å². The van der Waals surface area contributed by atoms with Gasteiger partial charge in [-0.25, -0.2) is 9.97 Å². The van der Waals surface area contributed by atoms with E-state index >= 15 is 0 Å². The molecule has 0 aliphatic carbocycles. The highest BCUT2D eigenvalue weighted by Gasteiger charge is 2.06. The van der Waals surface area contributed by atoms with Gasteiger partial charge < -0.3 is 9.47 Å². The third kappa shape index (κ3) is 1.54. The van der Waals surface area contributed by atoms with Crippen molar-refractivity contribution in [3.05, 3.63) is 22.9 Å². The topological polar surface area (TPSA) is 63.9 Å². The quantitative estimate of drug-likeness (QED) is 0.644. The standard InChI is InChI=1S/C9H11N5O/c1-13(2)9-10-4-6-7(12-9)11-5-14(3)8(6)15/h4-5H,1-3H3. The maximum absolute atomic E-state index is 11.6. The van der Waals surface area contributed by atoms with Crippen molar-refractivity contribution in [2.45, 2.75) is 0 Å². The van der Waals surface area contributed by atoms with Crippen molar-refractivity contribution in [3.8, 4) is 0 Å². The first-order valence-electron chi connectivity index (χ1n) is 4.45. The normalized spacial score (nSPS) is 10.6. The zero-order chi connectivity index (χ0) is 11.0. The van der Waals surface area contributed by atoms with Gasteiger partial charge in [-0.1, -0.05) is 0 Å². The summed E-state index contributed by atoms with van der Waals surface area (Å²) in [5.74, 6) is 0.545. The summed E-state index contributed by atoms with van der Waals surface area (Å²) in [4.78, 5) is 25.7. The third-order valence-corrected chi connectivity index (χ3v) is 2.06. The van der Waals surface area contributed by atoms with Gasteiger partial charge in [-0.15, -0.1) is 0 Å². The van der Waals surface area contributed by atoms with E-state index < -0.39 is 0 Å². The zero-order valence-corrected chi connectivity index (χ0v) is 8.80. The molecule has 6 heteroatoms. The van der Waals surface area contributed by atoms with Crippen LogP contribution in [0, 0.1) is 0 Å². The molecule has 0 radical (unpaired) electrons. The fraction of sp³-hybridized carbons (Fsp3) is 0.333. The highest BCUT2D eigenvalue weighted by Crippen LogP contribution is 2.06. The van der Waals surface area contributed by atoms with Crippen LogP contribution in [0.25, 0.3) is 11.0 Å². The Balaban J connectivity index is 2.76. The van der Waals surface area contributed by atoms with Crippen LogP contribution >= 0.6 is 0 Å². The van der Waals surface area contributed by atoms with Crippen molar-refractivity contribution in [2.24, 2.45) is 7.05 Å². The maximum Gasteiger partial charge on any atom is 0.264 e. The second-order valence-electron chi connectivity index (χ2n) is 3.46. The van der Waals surface area contributed by atoms with Crippen molar-refractivity contribution in [1.29, 1.82) is 0 Å². The number of aryl methyl sites for hydroxylation is 1. The number of hydrogen-bond donors (Lipinski definition) is 0. The van der Waals surface area contributed by atoms with Gasteiger partial charge in [0.2, 0.25) is 5.95 Å². The average molecular weight is 205 g/mol. The van der Waals surface area contributed by atoms with Crippen molar-refractivity contribution in [2.75, 3.05) is 19.0 Å². The molecular weight excluding hydrogens is 194 g/mol. The molecule has 0 aliphatic heterocycles. The molecule has 15 heavy (non-hydrogen) atoms. The molecule has 0 aromatic carbocycles. The zero-order valence-electron chi connectivity index (χ0n) is 8.80. The SMILES string of the molecule is CN(C)c1ncc2c(=O)n(C)cnc2n1. The Bertz CT molecular complexity index is 560. The second-order valence-corrected chi connectivity index (χ2v) is 3.46. The molecule has 0 amide bonds. The molecule has 78 valence electrons. The van der Waals surface area contributed by atoms with Gasteiger partial charge in [-0.2, -0.15) is 4.98 Å². The summed E-state index contributed by atoms with van der Waals surface area (Å²) in [6.45, 7) is 0. The number of aromatic nitrogens is 4. The second kappa shape index (κ2) is 3.30. The van der Waals surface area contributed by atoms with Gasteiger partial charge in [-0.3, -0.25) is 4.79 Å². The Labute approximate surface area is 86.2 Å². The van der Waals surface area contributed by atoms with E-state index in [1.807, 2.05) is 14.1 Å². The minimum Gasteiger partial charge on any atom is -0.347 e. The van der Waals surface area contributed by atoms with E-state index in [1.165, 1.54) is 17.1 Å². The fourth-order valence-electron chi connectivity index (χ4n) is 1.21. The molecular formula is C9H11N5O. The Hall–Kier alpha value is -1.98. The van der Waals surface area contributed by atoms with E-state index in [-0.39, 0.29) is 5.56 Å². The lowest BCUT2D eigenvalue weighted by atomic mass is 10.4. The van der Waals surface area contributed by atoms with Gasteiger partial charge in [-0.05, 0) is 0 Å². The minimum atomic E-state index is -0.134. The van der Waals surface area contributed by atoms with Crippen molar-refractivity contribution >= 4 is 17.0 Å². The van der Waals surface area contributed by atoms with Gasteiger partial charge in [0, 0.05) is 27.3 Å². The fourth-order valence-corrected chi connectivity index (χ4v) is 1.21. The maximum atomic E-state index is 11.6. The lowest BCUT2D eigenvalue weighted by Gasteiger charge is -2.09. The van der Waals surface area contributed by atoms with Crippen LogP contribution in [0.5, 0.6) is 0 Å². The predicted molar refractivity (Wildman–Crippen MR) is 56.9 cm³/mol. The highest BCUT2D eigenvalue weighted by molar-refractivity contribution is 5.73. The first-order valence-corrected chi connectivity index (χ1v) is 4.45. The van der Waals surface area contributed by atoms with Crippen LogP contribution in [0.4, 0.5) is 5.95 Å². The van der Waals surface area contributed by atoms with Crippen LogP contribution in [-0.4, -0.2) is 33.6 Å². The van der Waals surface area contributed by atoms with E-state index in [4.69, 9.17) is 0 Å². The Kier molecular flexibility index (Phi) is 2.11. The molecule has 0 saturated carbocycles. The third-order valence-electron chi connectivity index (χ3n) is 2.06. The number of rotatable bonds is 1. The van der Waals surface area contributed by atoms with Crippen LogP contribution < -0.4 is 10.5 Å². The molecule has 0 aliphatic rings. The Morgan fingerprint density at radius 3 is 2.73 bits per heavy atom. The van der Waals surface area contributed by atoms with Crippen molar-refractivity contribution in [3.63, 3.8) is 0 Å². The molecule has 6 nitrogen and oxygen atoms in total. The summed E-state index contributed by atoms with van der Waals surface area (Å²) in [6.07, 6.45) is 2.96. The molecule has 2 aromatic rings.